The number of benzene rings is 1. The summed E-state index contributed by atoms with van der Waals surface area (Å²) in [5, 5.41) is 11.5. The van der Waals surface area contributed by atoms with E-state index in [1.807, 2.05) is 13.0 Å². The monoisotopic (exact) mass is 272 g/mol. The van der Waals surface area contributed by atoms with Gasteiger partial charge in [-0.05, 0) is 19.1 Å². The van der Waals surface area contributed by atoms with Crippen LogP contribution in [0.4, 0.5) is 0 Å². The Morgan fingerprint density at radius 1 is 1.50 bits per heavy atom. The lowest BCUT2D eigenvalue weighted by atomic mass is 10.0. The zero-order chi connectivity index (χ0) is 14.5. The molecule has 1 saturated heterocycles. The van der Waals surface area contributed by atoms with E-state index in [2.05, 4.69) is 17.2 Å². The molecule has 2 rings (SSSR count). The summed E-state index contributed by atoms with van der Waals surface area (Å²) in [4.78, 5) is 25.4. The van der Waals surface area contributed by atoms with E-state index >= 15 is 0 Å². The lowest BCUT2D eigenvalue weighted by molar-refractivity contribution is -0.123. The molecule has 1 aromatic carbocycles. The third kappa shape index (κ3) is 3.16. The van der Waals surface area contributed by atoms with E-state index < -0.39 is 0 Å². The molecule has 5 nitrogen and oxygen atoms in total. The minimum atomic E-state index is -0.256. The molecule has 2 amide bonds. The molecule has 0 aromatic heterocycles. The second kappa shape index (κ2) is 6.22. The molecule has 0 saturated carbocycles. The first-order valence-corrected chi connectivity index (χ1v) is 6.38. The number of aliphatic hydroxyl groups excluding tert-OH is 1. The number of amides is 2. The fraction of sp³-hybridized carbons (Fsp3) is 0.333. The number of piperazine rings is 1. The zero-order valence-corrected chi connectivity index (χ0v) is 11.3. The second-order valence-corrected chi connectivity index (χ2v) is 4.59. The Hall–Kier alpha value is -2.32. The second-order valence-electron chi connectivity index (χ2n) is 4.59. The van der Waals surface area contributed by atoms with Gasteiger partial charge in [-0.15, -0.1) is 0 Å². The molecule has 0 spiro atoms. The van der Waals surface area contributed by atoms with Crippen molar-refractivity contribution in [1.82, 2.24) is 10.2 Å². The molecular weight excluding hydrogens is 256 g/mol. The van der Waals surface area contributed by atoms with Crippen molar-refractivity contribution in [3.8, 4) is 11.8 Å². The fourth-order valence-corrected chi connectivity index (χ4v) is 2.06. The number of carbonyl (C=O) groups is 2. The molecule has 20 heavy (non-hydrogen) atoms. The number of aliphatic hydroxyl groups is 1. The lowest BCUT2D eigenvalue weighted by Crippen LogP contribution is -2.50. The molecule has 1 fully saturated rings. The van der Waals surface area contributed by atoms with Crippen LogP contribution in [0.3, 0.4) is 0 Å². The van der Waals surface area contributed by atoms with Crippen molar-refractivity contribution >= 4 is 11.8 Å². The number of carbonyl (C=O) groups excluding carboxylic acids is 2. The van der Waals surface area contributed by atoms with Crippen molar-refractivity contribution in [1.29, 1.82) is 0 Å². The maximum Gasteiger partial charge on any atom is 0.255 e. The maximum atomic E-state index is 12.5. The predicted octanol–water partition coefficient (Wildman–Crippen LogP) is -0.0892. The Kier molecular flexibility index (Phi) is 4.38. The summed E-state index contributed by atoms with van der Waals surface area (Å²) in [6.07, 6.45) is 0. The van der Waals surface area contributed by atoms with Gasteiger partial charge in [-0.25, -0.2) is 0 Å². The standard InChI is InChI=1S/C15H16N2O3/c1-11-4-5-12(3-2-8-18)13(9-11)15(20)17-7-6-16-14(19)10-17/h4-5,9,18H,6-8,10H2,1H3,(H,16,19). The number of nitrogens with one attached hydrogen (secondary N) is 1. The average molecular weight is 272 g/mol. The molecule has 1 aromatic rings. The van der Waals surface area contributed by atoms with Crippen LogP contribution in [-0.2, 0) is 4.79 Å². The Balaban J connectivity index is 2.32. The van der Waals surface area contributed by atoms with E-state index in [9.17, 15) is 9.59 Å². The third-order valence-electron chi connectivity index (χ3n) is 3.03. The van der Waals surface area contributed by atoms with E-state index in [1.54, 1.807) is 12.1 Å². The van der Waals surface area contributed by atoms with Gasteiger partial charge >= 0.3 is 0 Å². The number of hydrogen-bond acceptors (Lipinski definition) is 3. The molecule has 5 heteroatoms. The number of hydrogen-bond donors (Lipinski definition) is 2. The first-order chi connectivity index (χ1) is 9.61. The van der Waals surface area contributed by atoms with Gasteiger partial charge in [0.2, 0.25) is 5.91 Å². The Morgan fingerprint density at radius 2 is 2.30 bits per heavy atom. The van der Waals surface area contributed by atoms with Gasteiger partial charge in [0.1, 0.15) is 6.61 Å². The molecule has 1 aliphatic rings. The van der Waals surface area contributed by atoms with E-state index in [0.29, 0.717) is 24.2 Å². The molecule has 0 atom stereocenters. The molecule has 1 heterocycles. The summed E-state index contributed by atoms with van der Waals surface area (Å²) in [5.74, 6) is 4.96. The number of nitrogens with zero attached hydrogens (tertiary/aromatic N) is 1. The van der Waals surface area contributed by atoms with Crippen LogP contribution in [0, 0.1) is 18.8 Å². The van der Waals surface area contributed by atoms with Crippen molar-refractivity contribution in [2.75, 3.05) is 26.2 Å². The van der Waals surface area contributed by atoms with Gasteiger partial charge in [-0.1, -0.05) is 23.5 Å². The van der Waals surface area contributed by atoms with Gasteiger partial charge in [-0.3, -0.25) is 9.59 Å². The van der Waals surface area contributed by atoms with Crippen LogP contribution in [0.15, 0.2) is 18.2 Å². The highest BCUT2D eigenvalue weighted by molar-refractivity contribution is 5.99. The van der Waals surface area contributed by atoms with Crippen LogP contribution < -0.4 is 5.32 Å². The summed E-state index contributed by atoms with van der Waals surface area (Å²) in [6.45, 7) is 2.66. The largest absolute Gasteiger partial charge is 0.384 e. The topological polar surface area (TPSA) is 69.6 Å². The lowest BCUT2D eigenvalue weighted by Gasteiger charge is -2.27. The molecular formula is C15H16N2O3. The quantitative estimate of drug-likeness (QED) is 0.702. The highest BCUT2D eigenvalue weighted by Gasteiger charge is 2.23. The normalized spacial score (nSPS) is 14.3. The SMILES string of the molecule is Cc1ccc(C#CCO)c(C(=O)N2CCNC(=O)C2)c1. The van der Waals surface area contributed by atoms with Crippen molar-refractivity contribution in [3.05, 3.63) is 34.9 Å². The van der Waals surface area contributed by atoms with Crippen molar-refractivity contribution in [2.24, 2.45) is 0 Å². The highest BCUT2D eigenvalue weighted by atomic mass is 16.2. The van der Waals surface area contributed by atoms with Crippen LogP contribution in [0.2, 0.25) is 0 Å². The van der Waals surface area contributed by atoms with E-state index in [1.165, 1.54) is 4.90 Å². The Bertz CT molecular complexity index is 599. The molecule has 0 radical (unpaired) electrons. The minimum Gasteiger partial charge on any atom is -0.384 e. The van der Waals surface area contributed by atoms with Gasteiger partial charge in [0.25, 0.3) is 5.91 Å². The smallest absolute Gasteiger partial charge is 0.255 e. The Labute approximate surface area is 117 Å². The average Bonchev–Trinajstić information content (AvgIpc) is 2.45. The van der Waals surface area contributed by atoms with Crippen LogP contribution in [-0.4, -0.2) is 48.1 Å². The summed E-state index contributed by atoms with van der Waals surface area (Å²) < 4.78 is 0. The maximum absolute atomic E-state index is 12.5. The van der Waals surface area contributed by atoms with E-state index in [4.69, 9.17) is 5.11 Å². The summed E-state index contributed by atoms with van der Waals surface area (Å²) in [7, 11) is 0. The van der Waals surface area contributed by atoms with Gasteiger partial charge in [0.05, 0.1) is 12.1 Å². The summed E-state index contributed by atoms with van der Waals surface area (Å²) in [5.41, 5.74) is 1.99. The van der Waals surface area contributed by atoms with Crippen LogP contribution >= 0.6 is 0 Å². The van der Waals surface area contributed by atoms with Crippen LogP contribution in [0.25, 0.3) is 0 Å². The molecule has 0 unspecified atom stereocenters. The van der Waals surface area contributed by atoms with Crippen LogP contribution in [0.1, 0.15) is 21.5 Å². The Morgan fingerprint density at radius 3 is 3.00 bits per heavy atom. The molecule has 2 N–H and O–H groups in total. The van der Waals surface area contributed by atoms with Gasteiger partial charge in [0.15, 0.2) is 0 Å². The predicted molar refractivity (Wildman–Crippen MR) is 74.1 cm³/mol. The number of rotatable bonds is 1. The van der Waals surface area contributed by atoms with Crippen LogP contribution in [0.5, 0.6) is 0 Å². The molecule has 104 valence electrons. The first-order valence-electron chi connectivity index (χ1n) is 6.38. The molecule has 0 bridgehead atoms. The fourth-order valence-electron chi connectivity index (χ4n) is 2.06. The van der Waals surface area contributed by atoms with E-state index in [-0.39, 0.29) is 25.0 Å². The number of aryl methyl sites for hydroxylation is 1. The first kappa shape index (κ1) is 14.1. The molecule has 1 aliphatic heterocycles. The summed E-state index contributed by atoms with van der Waals surface area (Å²) in [6, 6.07) is 5.38. The highest BCUT2D eigenvalue weighted by Crippen LogP contribution is 2.14. The van der Waals surface area contributed by atoms with E-state index in [0.717, 1.165) is 5.56 Å². The van der Waals surface area contributed by atoms with Gasteiger partial charge < -0.3 is 15.3 Å². The molecule has 0 aliphatic carbocycles. The van der Waals surface area contributed by atoms with Crippen molar-refractivity contribution in [3.63, 3.8) is 0 Å². The van der Waals surface area contributed by atoms with Crippen molar-refractivity contribution in [2.45, 2.75) is 6.92 Å². The minimum absolute atomic E-state index is 0.0691. The summed E-state index contributed by atoms with van der Waals surface area (Å²) >= 11 is 0. The van der Waals surface area contributed by atoms with Crippen molar-refractivity contribution < 1.29 is 14.7 Å². The zero-order valence-electron chi connectivity index (χ0n) is 11.3. The third-order valence-corrected chi connectivity index (χ3v) is 3.03. The van der Waals surface area contributed by atoms with Gasteiger partial charge in [0, 0.05) is 18.7 Å². The van der Waals surface area contributed by atoms with Gasteiger partial charge in [-0.2, -0.15) is 0 Å².